The predicted octanol–water partition coefficient (Wildman–Crippen LogP) is 3.79. The first-order valence-electron chi connectivity index (χ1n) is 8.16. The molecule has 0 aliphatic carbocycles. The second kappa shape index (κ2) is 8.33. The molecule has 2 aromatic carbocycles. The van der Waals surface area contributed by atoms with Crippen LogP contribution in [0, 0.1) is 6.92 Å². The van der Waals surface area contributed by atoms with Crippen LogP contribution in [0.1, 0.15) is 25.0 Å². The molecule has 0 atom stereocenters. The molecule has 0 spiro atoms. The van der Waals surface area contributed by atoms with Crippen molar-refractivity contribution >= 4 is 23.3 Å². The fourth-order valence-electron chi connectivity index (χ4n) is 2.69. The van der Waals surface area contributed by atoms with Crippen LogP contribution in [0.15, 0.2) is 42.5 Å². The summed E-state index contributed by atoms with van der Waals surface area (Å²) in [6.45, 7) is 5.53. The highest BCUT2D eigenvalue weighted by Crippen LogP contribution is 2.36. The van der Waals surface area contributed by atoms with Gasteiger partial charge < -0.3 is 9.47 Å². The summed E-state index contributed by atoms with van der Waals surface area (Å²) < 4.78 is 10.5. The van der Waals surface area contributed by atoms with Gasteiger partial charge in [0.15, 0.2) is 0 Å². The number of methoxy groups -OCH3 is 1. The van der Waals surface area contributed by atoms with Crippen LogP contribution in [0.2, 0.25) is 0 Å². The number of amides is 1. The van der Waals surface area contributed by atoms with Gasteiger partial charge in [-0.15, -0.1) is 0 Å². The van der Waals surface area contributed by atoms with Crippen LogP contribution in [0.25, 0.3) is 0 Å². The second-order valence-electron chi connectivity index (χ2n) is 5.64. The van der Waals surface area contributed by atoms with Crippen molar-refractivity contribution in [2.45, 2.75) is 27.2 Å². The molecule has 0 saturated carbocycles. The molecule has 2 aromatic rings. The van der Waals surface area contributed by atoms with Gasteiger partial charge in [-0.2, -0.15) is 0 Å². The van der Waals surface area contributed by atoms with E-state index in [1.807, 2.05) is 49.4 Å². The van der Waals surface area contributed by atoms with Gasteiger partial charge in [-0.1, -0.05) is 24.3 Å². The summed E-state index contributed by atoms with van der Waals surface area (Å²) in [5.74, 6) is 0.0987. The van der Waals surface area contributed by atoms with Crippen molar-refractivity contribution in [3.63, 3.8) is 0 Å². The fourth-order valence-corrected chi connectivity index (χ4v) is 2.69. The van der Waals surface area contributed by atoms with Gasteiger partial charge in [-0.25, -0.2) is 0 Å². The zero-order valence-electron chi connectivity index (χ0n) is 15.0. The molecule has 5 nitrogen and oxygen atoms in total. The van der Waals surface area contributed by atoms with E-state index >= 15 is 0 Å². The Labute approximate surface area is 148 Å². The maximum atomic E-state index is 12.4. The Bertz CT molecular complexity index is 770. The Morgan fingerprint density at radius 2 is 1.80 bits per heavy atom. The molecule has 0 aromatic heterocycles. The van der Waals surface area contributed by atoms with Crippen molar-refractivity contribution in [1.82, 2.24) is 0 Å². The summed E-state index contributed by atoms with van der Waals surface area (Å²) in [7, 11) is 1.57. The Balaban J connectivity index is 2.54. The molecule has 0 fully saturated rings. The number of ether oxygens (including phenoxy) is 2. The lowest BCUT2D eigenvalue weighted by atomic mass is 10.1. The van der Waals surface area contributed by atoms with Crippen LogP contribution in [0.5, 0.6) is 5.75 Å². The first kappa shape index (κ1) is 18.5. The summed E-state index contributed by atoms with van der Waals surface area (Å²) in [6.07, 6.45) is 0.0991. The van der Waals surface area contributed by atoms with Crippen LogP contribution in [0.3, 0.4) is 0 Å². The predicted molar refractivity (Wildman–Crippen MR) is 97.3 cm³/mol. The molecule has 1 amide bonds. The number of aryl methyl sites for hydroxylation is 1. The Hall–Kier alpha value is -2.82. The minimum Gasteiger partial charge on any atom is -0.495 e. The lowest BCUT2D eigenvalue weighted by Crippen LogP contribution is -2.25. The second-order valence-corrected chi connectivity index (χ2v) is 5.64. The number of benzene rings is 2. The van der Waals surface area contributed by atoms with E-state index < -0.39 is 0 Å². The first-order valence-corrected chi connectivity index (χ1v) is 8.16. The maximum Gasteiger partial charge on any atom is 0.310 e. The van der Waals surface area contributed by atoms with Gasteiger partial charge in [0.2, 0.25) is 5.91 Å². The standard InChI is InChI=1S/C20H23NO4/c1-5-25-20(23)13-16-8-6-7-9-17(16)21(15(3)22)18-12-14(2)10-11-19(18)24-4/h6-12H,5,13H2,1-4H3. The lowest BCUT2D eigenvalue weighted by Gasteiger charge is -2.26. The van der Waals surface area contributed by atoms with Crippen LogP contribution in [-0.4, -0.2) is 25.6 Å². The highest BCUT2D eigenvalue weighted by atomic mass is 16.5. The van der Waals surface area contributed by atoms with E-state index in [4.69, 9.17) is 9.47 Å². The highest BCUT2D eigenvalue weighted by Gasteiger charge is 2.22. The molecule has 25 heavy (non-hydrogen) atoms. The smallest absolute Gasteiger partial charge is 0.310 e. The normalized spacial score (nSPS) is 10.2. The average molecular weight is 341 g/mol. The van der Waals surface area contributed by atoms with Crippen molar-refractivity contribution in [3.8, 4) is 5.75 Å². The topological polar surface area (TPSA) is 55.8 Å². The summed E-state index contributed by atoms with van der Waals surface area (Å²) in [4.78, 5) is 25.9. The zero-order valence-corrected chi connectivity index (χ0v) is 15.0. The van der Waals surface area contributed by atoms with Crippen LogP contribution >= 0.6 is 0 Å². The number of carbonyl (C=O) groups excluding carboxylic acids is 2. The van der Waals surface area contributed by atoms with Gasteiger partial charge in [-0.05, 0) is 43.2 Å². The molecule has 0 saturated heterocycles. The van der Waals surface area contributed by atoms with E-state index in [2.05, 4.69) is 0 Å². The highest BCUT2D eigenvalue weighted by molar-refractivity contribution is 6.01. The van der Waals surface area contributed by atoms with Crippen molar-refractivity contribution in [2.75, 3.05) is 18.6 Å². The molecule has 0 unspecified atom stereocenters. The third-order valence-corrected chi connectivity index (χ3v) is 3.76. The molecule has 0 radical (unpaired) electrons. The minimum absolute atomic E-state index is 0.0991. The van der Waals surface area contributed by atoms with Crippen LogP contribution in [0.4, 0.5) is 11.4 Å². The number of para-hydroxylation sites is 1. The van der Waals surface area contributed by atoms with E-state index in [0.29, 0.717) is 23.7 Å². The van der Waals surface area contributed by atoms with Gasteiger partial charge in [0.1, 0.15) is 5.75 Å². The summed E-state index contributed by atoms with van der Waals surface area (Å²) in [5, 5.41) is 0. The summed E-state index contributed by atoms with van der Waals surface area (Å²) in [6, 6.07) is 13.0. The zero-order chi connectivity index (χ0) is 18.4. The molecule has 0 aliphatic rings. The molecule has 0 heterocycles. The number of hydrogen-bond acceptors (Lipinski definition) is 4. The summed E-state index contributed by atoms with van der Waals surface area (Å²) >= 11 is 0. The van der Waals surface area contributed by atoms with Crippen LogP contribution < -0.4 is 9.64 Å². The molecule has 132 valence electrons. The first-order chi connectivity index (χ1) is 12.0. The fraction of sp³-hybridized carbons (Fsp3) is 0.300. The lowest BCUT2D eigenvalue weighted by molar-refractivity contribution is -0.142. The molecule has 0 bridgehead atoms. The van der Waals surface area contributed by atoms with E-state index in [1.165, 1.54) is 6.92 Å². The third kappa shape index (κ3) is 4.38. The van der Waals surface area contributed by atoms with E-state index in [9.17, 15) is 9.59 Å². The SMILES string of the molecule is CCOC(=O)Cc1ccccc1N(C(C)=O)c1cc(C)ccc1OC. The molecule has 5 heteroatoms. The number of esters is 1. The summed E-state index contributed by atoms with van der Waals surface area (Å²) in [5.41, 5.74) is 3.02. The number of nitrogens with zero attached hydrogens (tertiary/aromatic N) is 1. The van der Waals surface area contributed by atoms with Gasteiger partial charge in [-0.3, -0.25) is 14.5 Å². The number of anilines is 2. The van der Waals surface area contributed by atoms with Gasteiger partial charge in [0, 0.05) is 6.92 Å². The van der Waals surface area contributed by atoms with Gasteiger partial charge in [0.05, 0.1) is 31.5 Å². The van der Waals surface area contributed by atoms with Crippen LogP contribution in [-0.2, 0) is 20.7 Å². The molecular weight excluding hydrogens is 318 g/mol. The number of hydrogen-bond donors (Lipinski definition) is 0. The molecule has 0 N–H and O–H groups in total. The quantitative estimate of drug-likeness (QED) is 0.750. The van der Waals surface area contributed by atoms with Gasteiger partial charge in [0.25, 0.3) is 0 Å². The minimum atomic E-state index is -0.324. The van der Waals surface area contributed by atoms with Crippen molar-refractivity contribution in [1.29, 1.82) is 0 Å². The molecule has 0 aliphatic heterocycles. The number of rotatable bonds is 6. The third-order valence-electron chi connectivity index (χ3n) is 3.76. The Morgan fingerprint density at radius 1 is 1.08 bits per heavy atom. The number of carbonyl (C=O) groups is 2. The largest absolute Gasteiger partial charge is 0.495 e. The monoisotopic (exact) mass is 341 g/mol. The van der Waals surface area contributed by atoms with Crippen molar-refractivity contribution < 1.29 is 19.1 Å². The Kier molecular flexibility index (Phi) is 6.17. The van der Waals surface area contributed by atoms with Crippen molar-refractivity contribution in [2.24, 2.45) is 0 Å². The molecular formula is C20H23NO4. The van der Waals surface area contributed by atoms with Crippen molar-refractivity contribution in [3.05, 3.63) is 53.6 Å². The van der Waals surface area contributed by atoms with E-state index in [-0.39, 0.29) is 18.3 Å². The maximum absolute atomic E-state index is 12.4. The van der Waals surface area contributed by atoms with Gasteiger partial charge >= 0.3 is 5.97 Å². The Morgan fingerprint density at radius 3 is 2.44 bits per heavy atom. The average Bonchev–Trinajstić information content (AvgIpc) is 2.57. The molecule has 2 rings (SSSR count). The van der Waals surface area contributed by atoms with E-state index in [0.717, 1.165) is 11.1 Å². The van der Waals surface area contributed by atoms with E-state index in [1.54, 1.807) is 18.9 Å².